The summed E-state index contributed by atoms with van der Waals surface area (Å²) in [5, 5.41) is -0.335. The molecule has 1 heterocycles. The van der Waals surface area contributed by atoms with Crippen LogP contribution in [0, 0.1) is 5.82 Å². The maximum absolute atomic E-state index is 14.3. The number of ether oxygens (including phenoxy) is 2. The molecule has 0 saturated carbocycles. The third kappa shape index (κ3) is 4.52. The largest absolute Gasteiger partial charge is 0.463 e. The van der Waals surface area contributed by atoms with Gasteiger partial charge in [0.15, 0.2) is 0 Å². The molecule has 0 N–H and O–H groups in total. The summed E-state index contributed by atoms with van der Waals surface area (Å²) in [6, 6.07) is 3.22. The molecule has 0 amide bonds. The molecule has 0 spiro atoms. The van der Waals surface area contributed by atoms with Gasteiger partial charge in [-0.05, 0) is 41.1 Å². The lowest BCUT2D eigenvalue weighted by atomic mass is 10.1. The fourth-order valence-electron chi connectivity index (χ4n) is 2.31. The fraction of sp³-hybridized carbons (Fsp3) is 0.312. The van der Waals surface area contributed by atoms with E-state index in [4.69, 9.17) is 27.9 Å². The lowest BCUT2D eigenvalue weighted by molar-refractivity contribution is -0.147. The van der Waals surface area contributed by atoms with Crippen molar-refractivity contribution in [2.45, 2.75) is 18.7 Å². The van der Waals surface area contributed by atoms with Crippen LogP contribution in [-0.4, -0.2) is 22.7 Å². The summed E-state index contributed by atoms with van der Waals surface area (Å²) < 4.78 is 64.1. The molecular formula is C16H12BrCl2F4NO3. The van der Waals surface area contributed by atoms with E-state index in [2.05, 4.69) is 20.7 Å². The van der Waals surface area contributed by atoms with Crippen LogP contribution in [0.2, 0.25) is 5.15 Å². The molecule has 0 aliphatic rings. The molecule has 2 rings (SSSR count). The quantitative estimate of drug-likeness (QED) is 0.302. The van der Waals surface area contributed by atoms with Crippen molar-refractivity contribution >= 4 is 45.1 Å². The monoisotopic (exact) mass is 491 g/mol. The van der Waals surface area contributed by atoms with Gasteiger partial charge in [0.2, 0.25) is 0 Å². The molecule has 1 atom stereocenters. The molecule has 2 aromatic rings. The normalized spacial score (nSPS) is 12.8. The zero-order valence-electron chi connectivity index (χ0n) is 13.8. The molecule has 1 aromatic carbocycles. The number of hydrogen-bond donors (Lipinski definition) is 0. The summed E-state index contributed by atoms with van der Waals surface area (Å²) in [6.07, 6.45) is -4.72. The smallest absolute Gasteiger partial charge is 0.432 e. The number of carbonyl (C=O) groups excluding carboxylic acids is 1. The molecule has 0 aliphatic carbocycles. The van der Waals surface area contributed by atoms with E-state index >= 15 is 0 Å². The van der Waals surface area contributed by atoms with Crippen molar-refractivity contribution in [3.8, 4) is 16.9 Å². The first kappa shape index (κ1) is 21.8. The van der Waals surface area contributed by atoms with Gasteiger partial charge in [-0.3, -0.25) is 0 Å². The topological polar surface area (TPSA) is 40.5 Å². The van der Waals surface area contributed by atoms with E-state index in [9.17, 15) is 22.4 Å². The molecule has 4 nitrogen and oxygen atoms in total. The molecule has 1 unspecified atom stereocenters. The molecule has 27 heavy (non-hydrogen) atoms. The number of aromatic nitrogens is 1. The predicted octanol–water partition coefficient (Wildman–Crippen LogP) is 5.77. The molecule has 0 aliphatic heterocycles. The molecule has 11 heteroatoms. The second kappa shape index (κ2) is 8.28. The first-order valence-corrected chi connectivity index (χ1v) is 8.97. The van der Waals surface area contributed by atoms with Crippen molar-refractivity contribution in [3.63, 3.8) is 0 Å². The van der Waals surface area contributed by atoms with Gasteiger partial charge in [0.25, 0.3) is 5.56 Å². The fourth-order valence-corrected chi connectivity index (χ4v) is 3.76. The maximum Gasteiger partial charge on any atom is 0.432 e. The van der Waals surface area contributed by atoms with Crippen LogP contribution in [-0.2, 0) is 22.8 Å². The summed E-state index contributed by atoms with van der Waals surface area (Å²) in [6.45, 7) is 1.65. The highest BCUT2D eigenvalue weighted by molar-refractivity contribution is 9.10. The third-order valence-electron chi connectivity index (χ3n) is 3.45. The minimum absolute atomic E-state index is 0.0557. The Morgan fingerprint density at radius 3 is 2.52 bits per heavy atom. The number of benzene rings is 1. The van der Waals surface area contributed by atoms with Crippen molar-refractivity contribution in [1.82, 2.24) is 4.57 Å². The van der Waals surface area contributed by atoms with Gasteiger partial charge in [-0.15, -0.1) is 0 Å². The van der Waals surface area contributed by atoms with Crippen LogP contribution in [0.1, 0.15) is 12.6 Å². The van der Waals surface area contributed by atoms with Gasteiger partial charge in [0, 0.05) is 18.2 Å². The van der Waals surface area contributed by atoms with Crippen LogP contribution in [0.3, 0.4) is 0 Å². The zero-order valence-corrected chi connectivity index (χ0v) is 16.9. The Kier molecular flexibility index (Phi) is 6.70. The lowest BCUT2D eigenvalue weighted by Gasteiger charge is -2.13. The highest BCUT2D eigenvalue weighted by Gasteiger charge is 2.39. The Balaban J connectivity index is 2.50. The minimum Gasteiger partial charge on any atom is -0.463 e. The Bertz CT molecular complexity index is 870. The molecule has 0 fully saturated rings. The summed E-state index contributed by atoms with van der Waals surface area (Å²) in [5.74, 6) is -1.75. The molecular weight excluding hydrogens is 481 g/mol. The maximum atomic E-state index is 14.3. The van der Waals surface area contributed by atoms with Crippen LogP contribution in [0.15, 0.2) is 22.7 Å². The summed E-state index contributed by atoms with van der Waals surface area (Å²) >= 11 is 14.6. The molecule has 0 radical (unpaired) electrons. The number of nitrogens with zero attached hydrogens (tertiary/aromatic N) is 1. The Morgan fingerprint density at radius 1 is 1.37 bits per heavy atom. The van der Waals surface area contributed by atoms with Crippen LogP contribution < -0.4 is 4.74 Å². The second-order valence-electron chi connectivity index (χ2n) is 5.21. The van der Waals surface area contributed by atoms with Crippen molar-refractivity contribution in [2.75, 3.05) is 6.61 Å². The predicted molar refractivity (Wildman–Crippen MR) is 95.4 cm³/mol. The van der Waals surface area contributed by atoms with E-state index in [-0.39, 0.29) is 28.6 Å². The van der Waals surface area contributed by atoms with Gasteiger partial charge in [0.1, 0.15) is 22.4 Å². The zero-order chi connectivity index (χ0) is 20.5. The van der Waals surface area contributed by atoms with E-state index in [0.29, 0.717) is 4.57 Å². The van der Waals surface area contributed by atoms with Crippen molar-refractivity contribution in [2.24, 2.45) is 7.05 Å². The van der Waals surface area contributed by atoms with Crippen molar-refractivity contribution in [1.29, 1.82) is 0 Å². The highest BCUT2D eigenvalue weighted by Crippen LogP contribution is 2.46. The Hall–Kier alpha value is -1.45. The first-order valence-electron chi connectivity index (χ1n) is 7.37. The molecule has 148 valence electrons. The van der Waals surface area contributed by atoms with Crippen LogP contribution in [0.4, 0.5) is 17.6 Å². The Morgan fingerprint density at radius 2 is 2.00 bits per heavy atom. The van der Waals surface area contributed by atoms with Crippen LogP contribution in [0.25, 0.3) is 11.1 Å². The van der Waals surface area contributed by atoms with Gasteiger partial charge in [-0.1, -0.05) is 23.2 Å². The Labute approximate surface area is 170 Å². The van der Waals surface area contributed by atoms with E-state index in [0.717, 1.165) is 19.2 Å². The molecule has 0 bridgehead atoms. The number of rotatable bonds is 5. The van der Waals surface area contributed by atoms with Gasteiger partial charge < -0.3 is 14.0 Å². The molecule has 1 aromatic heterocycles. The van der Waals surface area contributed by atoms with E-state index in [1.165, 1.54) is 6.07 Å². The molecule has 0 saturated heterocycles. The van der Waals surface area contributed by atoms with Crippen LogP contribution >= 0.6 is 39.1 Å². The average Bonchev–Trinajstić information content (AvgIpc) is 2.79. The van der Waals surface area contributed by atoms with Crippen molar-refractivity contribution in [3.05, 3.63) is 39.3 Å². The number of esters is 1. The minimum atomic E-state index is -4.72. The summed E-state index contributed by atoms with van der Waals surface area (Å²) in [4.78, 5) is 11.5. The summed E-state index contributed by atoms with van der Waals surface area (Å²) in [5.41, 5.74) is -3.06. The van der Waals surface area contributed by atoms with Gasteiger partial charge in [-0.2, -0.15) is 13.2 Å². The SMILES string of the molecule is CCOC(=O)C(Cl)Oc1ccc(F)c(-c2c(Br)c(C(F)(F)F)n(C)c2Cl)c1. The standard InChI is InChI=1S/C16H12BrCl2F4NO3/c1-3-26-15(25)14(19)27-7-4-5-9(20)8(6-7)10-11(17)12(16(21,22)23)24(2)13(10)18/h4-6,14H,3H2,1-2H3. The van der Waals surface area contributed by atoms with E-state index in [1.54, 1.807) is 6.92 Å². The van der Waals surface area contributed by atoms with Gasteiger partial charge >= 0.3 is 12.1 Å². The number of alkyl halides is 4. The van der Waals surface area contributed by atoms with E-state index in [1.807, 2.05) is 0 Å². The number of hydrogen-bond acceptors (Lipinski definition) is 3. The number of carbonyl (C=O) groups is 1. The van der Waals surface area contributed by atoms with Gasteiger partial charge in [-0.25, -0.2) is 9.18 Å². The van der Waals surface area contributed by atoms with E-state index < -0.39 is 33.7 Å². The van der Waals surface area contributed by atoms with Gasteiger partial charge in [0.05, 0.1) is 11.1 Å². The average molecular weight is 493 g/mol. The third-order valence-corrected chi connectivity index (χ3v) is 4.93. The highest BCUT2D eigenvalue weighted by atomic mass is 79.9. The second-order valence-corrected chi connectivity index (χ2v) is 6.76. The summed E-state index contributed by atoms with van der Waals surface area (Å²) in [7, 11) is 1.10. The van der Waals surface area contributed by atoms with Crippen LogP contribution in [0.5, 0.6) is 5.75 Å². The lowest BCUT2D eigenvalue weighted by Crippen LogP contribution is -2.23. The first-order chi connectivity index (χ1) is 12.5. The number of halogens is 7. The van der Waals surface area contributed by atoms with Crippen molar-refractivity contribution < 1.29 is 31.8 Å².